The molecule has 34 heavy (non-hydrogen) atoms. The Balaban J connectivity index is 1.13. The highest BCUT2D eigenvalue weighted by Crippen LogP contribution is 2.43. The van der Waals surface area contributed by atoms with Crippen LogP contribution in [0, 0.1) is 17.8 Å². The molecule has 1 aliphatic carbocycles. The number of fused-ring (bicyclic) bond motifs is 2. The van der Waals surface area contributed by atoms with E-state index in [1.165, 1.54) is 4.68 Å². The van der Waals surface area contributed by atoms with Gasteiger partial charge >= 0.3 is 6.18 Å². The number of halogens is 3. The first-order valence-corrected chi connectivity index (χ1v) is 11.6. The summed E-state index contributed by atoms with van der Waals surface area (Å²) in [6.07, 6.45) is 2.05. The third-order valence-electron chi connectivity index (χ3n) is 7.08. The highest BCUT2D eigenvalue weighted by molar-refractivity contribution is 6.08. The SMILES string of the molecule is Cn1nccc1C(=O)Nc1c[nH]c2ccc(OCCC3C[C@@H]4CN(CC(F)(F)F)C[C@@H]4C3)cc12. The zero-order valence-corrected chi connectivity index (χ0v) is 18.9. The molecule has 1 unspecified atom stereocenters. The molecule has 2 fully saturated rings. The Kier molecular flexibility index (Phi) is 6.01. The minimum atomic E-state index is -4.12. The molecular weight excluding hydrogens is 447 g/mol. The lowest BCUT2D eigenvalue weighted by molar-refractivity contribution is -0.144. The molecule has 3 atom stereocenters. The number of H-pyrrole nitrogens is 1. The largest absolute Gasteiger partial charge is 0.494 e. The topological polar surface area (TPSA) is 75.2 Å². The molecule has 5 rings (SSSR count). The fourth-order valence-corrected chi connectivity index (χ4v) is 5.56. The Morgan fingerprint density at radius 1 is 1.24 bits per heavy atom. The number of likely N-dealkylation sites (tertiary alicyclic amines) is 1. The summed E-state index contributed by atoms with van der Waals surface area (Å²) >= 11 is 0. The third-order valence-corrected chi connectivity index (χ3v) is 7.08. The van der Waals surface area contributed by atoms with Crippen molar-refractivity contribution < 1.29 is 22.7 Å². The van der Waals surface area contributed by atoms with Crippen molar-refractivity contribution in [1.29, 1.82) is 0 Å². The number of aryl methyl sites for hydroxylation is 1. The summed E-state index contributed by atoms with van der Waals surface area (Å²) in [7, 11) is 1.71. The predicted molar refractivity (Wildman–Crippen MR) is 122 cm³/mol. The molecule has 0 bridgehead atoms. The average molecular weight is 476 g/mol. The van der Waals surface area contributed by atoms with Gasteiger partial charge in [0.2, 0.25) is 0 Å². The molecule has 2 aromatic heterocycles. The van der Waals surface area contributed by atoms with Crippen molar-refractivity contribution in [3.05, 3.63) is 42.4 Å². The molecule has 3 heterocycles. The first-order valence-electron chi connectivity index (χ1n) is 11.6. The summed E-state index contributed by atoms with van der Waals surface area (Å²) in [5, 5.41) is 7.80. The van der Waals surface area contributed by atoms with E-state index in [0.29, 0.717) is 48.8 Å². The number of nitrogens with zero attached hydrogens (tertiary/aromatic N) is 3. The number of ether oxygens (including phenoxy) is 1. The van der Waals surface area contributed by atoms with Crippen molar-refractivity contribution in [1.82, 2.24) is 19.7 Å². The molecule has 1 amide bonds. The molecule has 1 aliphatic heterocycles. The molecule has 1 saturated carbocycles. The predicted octanol–water partition coefficient (Wildman–Crippen LogP) is 4.44. The van der Waals surface area contributed by atoms with Crippen LogP contribution in [0.3, 0.4) is 0 Å². The van der Waals surface area contributed by atoms with Gasteiger partial charge < -0.3 is 15.0 Å². The number of aromatic amines is 1. The van der Waals surface area contributed by atoms with Gasteiger partial charge in [-0.15, -0.1) is 0 Å². The second kappa shape index (κ2) is 8.98. The number of anilines is 1. The van der Waals surface area contributed by atoms with E-state index in [2.05, 4.69) is 15.4 Å². The standard InChI is InChI=1S/C24H28F3N5O2/c1-31-22(4-6-29-31)23(33)30-21-11-28-20-3-2-18(10-19(20)21)34-7-5-15-8-16-12-32(13-17(16)9-15)14-24(25,26)27/h2-4,6,10-11,15-17,28H,5,7-9,12-14H2,1H3,(H,30,33)/t15?,16-,17+. The van der Waals surface area contributed by atoms with Crippen LogP contribution in [0.15, 0.2) is 36.7 Å². The van der Waals surface area contributed by atoms with Crippen LogP contribution in [-0.2, 0) is 7.05 Å². The lowest BCUT2D eigenvalue weighted by Gasteiger charge is -2.20. The van der Waals surface area contributed by atoms with Crippen molar-refractivity contribution in [2.75, 3.05) is 31.6 Å². The van der Waals surface area contributed by atoms with E-state index < -0.39 is 12.7 Å². The van der Waals surface area contributed by atoms with Crippen molar-refractivity contribution in [2.45, 2.75) is 25.4 Å². The van der Waals surface area contributed by atoms with Crippen LogP contribution in [0.1, 0.15) is 29.8 Å². The van der Waals surface area contributed by atoms with Crippen LogP contribution < -0.4 is 10.1 Å². The van der Waals surface area contributed by atoms with Crippen LogP contribution >= 0.6 is 0 Å². The van der Waals surface area contributed by atoms with Gasteiger partial charge in [0.25, 0.3) is 5.91 Å². The fraction of sp³-hybridized carbons (Fsp3) is 0.500. The lowest BCUT2D eigenvalue weighted by Crippen LogP contribution is -2.33. The van der Waals surface area contributed by atoms with Crippen LogP contribution in [0.4, 0.5) is 18.9 Å². The number of nitrogens with one attached hydrogen (secondary N) is 2. The highest BCUT2D eigenvalue weighted by atomic mass is 19.4. The van der Waals surface area contributed by atoms with Crippen LogP contribution in [0.2, 0.25) is 0 Å². The normalized spacial score (nSPS) is 22.9. The number of amides is 1. The number of carbonyl (C=O) groups excluding carboxylic acids is 1. The van der Waals surface area contributed by atoms with Gasteiger partial charge in [0.15, 0.2) is 0 Å². The monoisotopic (exact) mass is 475 g/mol. The Morgan fingerprint density at radius 2 is 2.00 bits per heavy atom. The van der Waals surface area contributed by atoms with Gasteiger partial charge in [-0.3, -0.25) is 14.4 Å². The smallest absolute Gasteiger partial charge is 0.401 e. The summed E-state index contributed by atoms with van der Waals surface area (Å²) in [4.78, 5) is 17.2. The van der Waals surface area contributed by atoms with Crippen molar-refractivity contribution in [3.8, 4) is 5.75 Å². The van der Waals surface area contributed by atoms with E-state index in [-0.39, 0.29) is 5.91 Å². The van der Waals surface area contributed by atoms with E-state index in [9.17, 15) is 18.0 Å². The number of hydrogen-bond acceptors (Lipinski definition) is 4. The minimum Gasteiger partial charge on any atom is -0.494 e. The Morgan fingerprint density at radius 3 is 2.68 bits per heavy atom. The molecule has 1 saturated heterocycles. The van der Waals surface area contributed by atoms with E-state index in [1.54, 1.807) is 30.4 Å². The second-order valence-corrected chi connectivity index (χ2v) is 9.51. The number of rotatable bonds is 7. The first kappa shape index (κ1) is 22.8. The Hall–Kier alpha value is -3.01. The maximum absolute atomic E-state index is 12.6. The molecule has 182 valence electrons. The fourth-order valence-electron chi connectivity index (χ4n) is 5.56. The third kappa shape index (κ3) is 4.91. The molecule has 2 N–H and O–H groups in total. The van der Waals surface area contributed by atoms with Crippen LogP contribution in [0.5, 0.6) is 5.75 Å². The lowest BCUT2D eigenvalue weighted by atomic mass is 10.0. The summed E-state index contributed by atoms with van der Waals surface area (Å²) < 4.78 is 45.5. The number of benzene rings is 1. The summed E-state index contributed by atoms with van der Waals surface area (Å²) in [6.45, 7) is 0.876. The second-order valence-electron chi connectivity index (χ2n) is 9.51. The first-order chi connectivity index (χ1) is 16.2. The van der Waals surface area contributed by atoms with Gasteiger partial charge in [0, 0.05) is 43.4 Å². The van der Waals surface area contributed by atoms with Gasteiger partial charge in [-0.25, -0.2) is 0 Å². The molecule has 0 radical (unpaired) electrons. The molecular formula is C24H28F3N5O2. The zero-order chi connectivity index (χ0) is 23.9. The maximum Gasteiger partial charge on any atom is 0.401 e. The Bertz CT molecular complexity index is 1160. The minimum absolute atomic E-state index is 0.243. The van der Waals surface area contributed by atoms with Gasteiger partial charge in [-0.05, 0) is 61.3 Å². The van der Waals surface area contributed by atoms with Crippen molar-refractivity contribution in [2.24, 2.45) is 24.8 Å². The summed E-state index contributed by atoms with van der Waals surface area (Å²) in [5.74, 6) is 1.71. The molecule has 2 aliphatic rings. The van der Waals surface area contributed by atoms with E-state index in [0.717, 1.165) is 35.9 Å². The van der Waals surface area contributed by atoms with E-state index in [4.69, 9.17) is 4.74 Å². The van der Waals surface area contributed by atoms with Crippen LogP contribution in [-0.4, -0.2) is 58.0 Å². The van der Waals surface area contributed by atoms with Gasteiger partial charge in [0.1, 0.15) is 11.4 Å². The summed E-state index contributed by atoms with van der Waals surface area (Å²) in [5.41, 5.74) is 2.02. The van der Waals surface area contributed by atoms with Gasteiger partial charge in [-0.2, -0.15) is 18.3 Å². The van der Waals surface area contributed by atoms with E-state index >= 15 is 0 Å². The average Bonchev–Trinajstić information content (AvgIpc) is 3.51. The summed E-state index contributed by atoms with van der Waals surface area (Å²) in [6, 6.07) is 7.37. The zero-order valence-electron chi connectivity index (χ0n) is 18.9. The molecule has 7 nitrogen and oxygen atoms in total. The maximum atomic E-state index is 12.6. The molecule has 10 heteroatoms. The molecule has 3 aromatic rings. The van der Waals surface area contributed by atoms with Gasteiger partial charge in [0.05, 0.1) is 18.8 Å². The number of carbonyl (C=O) groups is 1. The number of aromatic nitrogens is 3. The molecule has 0 spiro atoms. The van der Waals surface area contributed by atoms with E-state index in [1.807, 2.05) is 18.2 Å². The number of hydrogen-bond donors (Lipinski definition) is 2. The highest BCUT2D eigenvalue weighted by Gasteiger charge is 2.43. The van der Waals surface area contributed by atoms with Gasteiger partial charge in [-0.1, -0.05) is 0 Å². The number of alkyl halides is 3. The van der Waals surface area contributed by atoms with Crippen LogP contribution in [0.25, 0.3) is 10.9 Å². The molecule has 1 aromatic carbocycles. The van der Waals surface area contributed by atoms with Crippen molar-refractivity contribution in [3.63, 3.8) is 0 Å². The Labute approximate surface area is 195 Å². The quantitative estimate of drug-likeness (QED) is 0.530. The van der Waals surface area contributed by atoms with Crippen molar-refractivity contribution >= 4 is 22.5 Å².